The second-order valence-corrected chi connectivity index (χ2v) is 7.29. The van der Waals surface area contributed by atoms with E-state index in [1.165, 1.54) is 5.56 Å². The molecule has 0 unspecified atom stereocenters. The number of ether oxygens (including phenoxy) is 1. The molecule has 0 fully saturated rings. The van der Waals surface area contributed by atoms with Crippen molar-refractivity contribution in [2.75, 3.05) is 0 Å². The monoisotopic (exact) mass is 422 g/mol. The first-order chi connectivity index (χ1) is 15.8. The van der Waals surface area contributed by atoms with Crippen molar-refractivity contribution < 1.29 is 14.1 Å². The number of aromatic nitrogens is 1. The van der Waals surface area contributed by atoms with Crippen LogP contribution >= 0.6 is 0 Å². The van der Waals surface area contributed by atoms with Crippen LogP contribution in [0.2, 0.25) is 0 Å². The van der Waals surface area contributed by atoms with Crippen molar-refractivity contribution in [1.82, 2.24) is 5.43 Å². The molecule has 1 aromatic heterocycles. The van der Waals surface area contributed by atoms with E-state index in [-0.39, 0.29) is 5.91 Å². The lowest BCUT2D eigenvalue weighted by Crippen LogP contribution is -2.35. The smallest absolute Gasteiger partial charge is 0.277 e. The number of hydrogen-bond acceptors (Lipinski definition) is 3. The van der Waals surface area contributed by atoms with Gasteiger partial charge in [-0.15, -0.1) is 0 Å². The van der Waals surface area contributed by atoms with Crippen LogP contribution in [-0.2, 0) is 13.2 Å². The molecule has 4 aromatic rings. The SMILES string of the molecule is O=C(NN=Cc1ccc(OCc2ccccc2)cc1)c1ccc[n+](Cc2ccccc2)c1. The molecule has 1 heterocycles. The van der Waals surface area contributed by atoms with Gasteiger partial charge in [0.2, 0.25) is 0 Å². The number of amides is 1. The van der Waals surface area contributed by atoms with Crippen molar-refractivity contribution >= 4 is 12.1 Å². The Kier molecular flexibility index (Phi) is 7.01. The summed E-state index contributed by atoms with van der Waals surface area (Å²) in [6.07, 6.45) is 5.37. The molecular formula is C27H24N3O2+. The minimum atomic E-state index is -0.258. The van der Waals surface area contributed by atoms with Crippen LogP contribution in [0.4, 0.5) is 0 Å². The molecule has 5 nitrogen and oxygen atoms in total. The van der Waals surface area contributed by atoms with Crippen molar-refractivity contribution in [3.63, 3.8) is 0 Å². The number of nitrogens with zero attached hydrogens (tertiary/aromatic N) is 2. The molecule has 1 amide bonds. The van der Waals surface area contributed by atoms with Crippen molar-refractivity contribution in [3.05, 3.63) is 132 Å². The van der Waals surface area contributed by atoms with Crippen molar-refractivity contribution in [2.24, 2.45) is 5.10 Å². The summed E-state index contributed by atoms with van der Waals surface area (Å²) in [5, 5.41) is 4.08. The maximum Gasteiger partial charge on any atom is 0.277 e. The maximum absolute atomic E-state index is 12.5. The summed E-state index contributed by atoms with van der Waals surface area (Å²) in [5.41, 5.74) is 6.29. The third-order valence-corrected chi connectivity index (χ3v) is 4.84. The predicted molar refractivity (Wildman–Crippen MR) is 124 cm³/mol. The molecule has 5 heteroatoms. The van der Waals surface area contributed by atoms with Gasteiger partial charge in [0.05, 0.1) is 6.21 Å². The maximum atomic E-state index is 12.5. The zero-order valence-electron chi connectivity index (χ0n) is 17.6. The third-order valence-electron chi connectivity index (χ3n) is 4.84. The lowest BCUT2D eigenvalue weighted by atomic mass is 10.2. The minimum absolute atomic E-state index is 0.258. The highest BCUT2D eigenvalue weighted by atomic mass is 16.5. The fourth-order valence-electron chi connectivity index (χ4n) is 3.17. The minimum Gasteiger partial charge on any atom is -0.489 e. The van der Waals surface area contributed by atoms with Crippen LogP contribution in [0.1, 0.15) is 27.0 Å². The van der Waals surface area contributed by atoms with Crippen LogP contribution in [0, 0.1) is 0 Å². The van der Waals surface area contributed by atoms with E-state index in [4.69, 9.17) is 4.74 Å². The lowest BCUT2D eigenvalue weighted by molar-refractivity contribution is -0.688. The van der Waals surface area contributed by atoms with Crippen LogP contribution < -0.4 is 14.7 Å². The first kappa shape index (κ1) is 21.0. The molecule has 1 N–H and O–H groups in total. The summed E-state index contributed by atoms with van der Waals surface area (Å²) < 4.78 is 7.76. The molecule has 0 spiro atoms. The molecule has 158 valence electrons. The largest absolute Gasteiger partial charge is 0.489 e. The van der Waals surface area contributed by atoms with Crippen LogP contribution in [-0.4, -0.2) is 12.1 Å². The summed E-state index contributed by atoms with van der Waals surface area (Å²) in [6.45, 7) is 1.22. The van der Waals surface area contributed by atoms with Crippen molar-refractivity contribution in [3.8, 4) is 5.75 Å². The second-order valence-electron chi connectivity index (χ2n) is 7.29. The number of pyridine rings is 1. The Morgan fingerprint density at radius 3 is 2.25 bits per heavy atom. The normalized spacial score (nSPS) is 10.8. The Balaban J connectivity index is 1.30. The number of hydrogen-bond donors (Lipinski definition) is 1. The molecule has 0 aliphatic carbocycles. The highest BCUT2D eigenvalue weighted by Gasteiger charge is 2.10. The molecule has 3 aromatic carbocycles. The number of carbonyl (C=O) groups is 1. The average Bonchev–Trinajstić information content (AvgIpc) is 2.85. The summed E-state index contributed by atoms with van der Waals surface area (Å²) in [6, 6.07) is 31.3. The molecule has 0 aliphatic heterocycles. The van der Waals surface area contributed by atoms with E-state index >= 15 is 0 Å². The van der Waals surface area contributed by atoms with Crippen LogP contribution in [0.5, 0.6) is 5.75 Å². The van der Waals surface area contributed by atoms with Gasteiger partial charge in [0.25, 0.3) is 5.91 Å². The molecule has 0 aliphatic rings. The molecule has 0 saturated carbocycles. The van der Waals surface area contributed by atoms with Gasteiger partial charge in [-0.1, -0.05) is 60.7 Å². The first-order valence-corrected chi connectivity index (χ1v) is 10.4. The number of nitrogens with one attached hydrogen (secondary N) is 1. The van der Waals surface area contributed by atoms with E-state index < -0.39 is 0 Å². The fourth-order valence-corrected chi connectivity index (χ4v) is 3.17. The molecule has 0 atom stereocenters. The van der Waals surface area contributed by atoms with Gasteiger partial charge in [-0.3, -0.25) is 4.79 Å². The highest BCUT2D eigenvalue weighted by Crippen LogP contribution is 2.13. The van der Waals surface area contributed by atoms with Crippen molar-refractivity contribution in [1.29, 1.82) is 0 Å². The summed E-state index contributed by atoms with van der Waals surface area (Å²) >= 11 is 0. The van der Waals surface area contributed by atoms with E-state index in [0.29, 0.717) is 18.7 Å². The van der Waals surface area contributed by atoms with Gasteiger partial charge in [-0.05, 0) is 41.5 Å². The van der Waals surface area contributed by atoms with Gasteiger partial charge in [0.15, 0.2) is 18.9 Å². The Labute approximate surface area is 187 Å². The van der Waals surface area contributed by atoms with Gasteiger partial charge in [0.1, 0.15) is 17.9 Å². The van der Waals surface area contributed by atoms with Gasteiger partial charge in [-0.2, -0.15) is 9.67 Å². The molecule has 0 saturated heterocycles. The lowest BCUT2D eigenvalue weighted by Gasteiger charge is -2.06. The van der Waals surface area contributed by atoms with Crippen LogP contribution in [0.3, 0.4) is 0 Å². The highest BCUT2D eigenvalue weighted by molar-refractivity contribution is 5.94. The summed E-state index contributed by atoms with van der Waals surface area (Å²) in [7, 11) is 0. The van der Waals surface area contributed by atoms with Gasteiger partial charge in [-0.25, -0.2) is 5.43 Å². The topological polar surface area (TPSA) is 54.6 Å². The van der Waals surface area contributed by atoms with E-state index in [2.05, 4.69) is 22.7 Å². The number of benzene rings is 3. The van der Waals surface area contributed by atoms with Crippen molar-refractivity contribution in [2.45, 2.75) is 13.2 Å². The third kappa shape index (κ3) is 6.12. The van der Waals surface area contributed by atoms with E-state index in [9.17, 15) is 4.79 Å². The predicted octanol–water partition coefficient (Wildman–Crippen LogP) is 4.37. The van der Waals surface area contributed by atoms with E-state index in [0.717, 1.165) is 16.9 Å². The molecule has 32 heavy (non-hydrogen) atoms. The second kappa shape index (κ2) is 10.7. The summed E-state index contributed by atoms with van der Waals surface area (Å²) in [4.78, 5) is 12.5. The molecule has 0 bridgehead atoms. The molecule has 4 rings (SSSR count). The standard InChI is InChI=1S/C27H23N3O2/c31-27(25-12-7-17-30(20-25)19-23-8-3-1-4-9-23)29-28-18-22-13-15-26(16-14-22)32-21-24-10-5-2-6-11-24/h1-18,20H,19,21H2/p+1. The zero-order valence-corrected chi connectivity index (χ0v) is 17.6. The molecule has 0 radical (unpaired) electrons. The number of rotatable bonds is 8. The first-order valence-electron chi connectivity index (χ1n) is 10.4. The van der Waals surface area contributed by atoms with Gasteiger partial charge in [0, 0.05) is 11.6 Å². The van der Waals surface area contributed by atoms with Gasteiger partial charge < -0.3 is 4.74 Å². The van der Waals surface area contributed by atoms with E-state index in [1.54, 1.807) is 12.3 Å². The van der Waals surface area contributed by atoms with Crippen LogP contribution in [0.15, 0.2) is 115 Å². The average molecular weight is 423 g/mol. The van der Waals surface area contributed by atoms with E-state index in [1.807, 2.05) is 95.8 Å². The fraction of sp³-hybridized carbons (Fsp3) is 0.0741. The molecular weight excluding hydrogens is 398 g/mol. The van der Waals surface area contributed by atoms with Crippen LogP contribution in [0.25, 0.3) is 0 Å². The Morgan fingerprint density at radius 1 is 0.844 bits per heavy atom. The number of carbonyl (C=O) groups excluding carboxylic acids is 1. The Bertz CT molecular complexity index is 1170. The quantitative estimate of drug-likeness (QED) is 0.261. The number of hydrazone groups is 1. The Morgan fingerprint density at radius 2 is 1.53 bits per heavy atom. The van der Waals surface area contributed by atoms with Gasteiger partial charge >= 0.3 is 0 Å². The zero-order chi connectivity index (χ0) is 22.0. The summed E-state index contributed by atoms with van der Waals surface area (Å²) in [5.74, 6) is 0.522. The Hall–Kier alpha value is -4.25.